The minimum Gasteiger partial charge on any atom is -0.461 e. The van der Waals surface area contributed by atoms with Gasteiger partial charge < -0.3 is 4.42 Å². The Morgan fingerprint density at radius 2 is 2.00 bits per heavy atom. The standard InChI is InChI=1S/C12H11ClO2/c1-6-8(3)15-12-5-11(13)10(7(2)14)4-9(6)12/h4-5H,1-3H3. The van der Waals surface area contributed by atoms with Gasteiger partial charge in [0, 0.05) is 17.0 Å². The Morgan fingerprint density at radius 3 is 2.60 bits per heavy atom. The molecule has 0 bridgehead atoms. The van der Waals surface area contributed by atoms with Crippen LogP contribution in [0.5, 0.6) is 0 Å². The van der Waals surface area contributed by atoms with Crippen molar-refractivity contribution >= 4 is 28.4 Å². The summed E-state index contributed by atoms with van der Waals surface area (Å²) in [6, 6.07) is 3.50. The fraction of sp³-hybridized carbons (Fsp3) is 0.250. The summed E-state index contributed by atoms with van der Waals surface area (Å²) in [4.78, 5) is 11.3. The predicted molar refractivity (Wildman–Crippen MR) is 60.7 cm³/mol. The van der Waals surface area contributed by atoms with E-state index >= 15 is 0 Å². The number of ketones is 1. The van der Waals surface area contributed by atoms with Crippen molar-refractivity contribution < 1.29 is 9.21 Å². The molecule has 0 radical (unpaired) electrons. The molecule has 0 aliphatic heterocycles. The van der Waals surface area contributed by atoms with Crippen molar-refractivity contribution in [2.75, 3.05) is 0 Å². The van der Waals surface area contributed by atoms with Gasteiger partial charge in [0.05, 0.1) is 5.02 Å². The Kier molecular flexibility index (Phi) is 2.31. The van der Waals surface area contributed by atoms with Gasteiger partial charge in [-0.1, -0.05) is 11.6 Å². The highest BCUT2D eigenvalue weighted by molar-refractivity contribution is 6.34. The molecule has 1 aromatic carbocycles. The lowest BCUT2D eigenvalue weighted by atomic mass is 10.1. The van der Waals surface area contributed by atoms with Gasteiger partial charge in [0.25, 0.3) is 0 Å². The first-order valence-corrected chi connectivity index (χ1v) is 5.08. The third kappa shape index (κ3) is 1.55. The van der Waals surface area contributed by atoms with E-state index in [1.807, 2.05) is 13.8 Å². The van der Waals surface area contributed by atoms with Crippen LogP contribution in [0.1, 0.15) is 28.6 Å². The number of halogens is 1. The molecule has 0 atom stereocenters. The zero-order chi connectivity index (χ0) is 11.2. The van der Waals surface area contributed by atoms with Crippen LogP contribution in [0.15, 0.2) is 16.5 Å². The van der Waals surface area contributed by atoms with Gasteiger partial charge in [-0.15, -0.1) is 0 Å². The summed E-state index contributed by atoms with van der Waals surface area (Å²) in [5.74, 6) is 0.835. The van der Waals surface area contributed by atoms with Crippen molar-refractivity contribution in [3.05, 3.63) is 34.0 Å². The molecule has 0 N–H and O–H groups in total. The summed E-state index contributed by atoms with van der Waals surface area (Å²) >= 11 is 5.98. The number of Topliss-reactive ketones (excluding diaryl/α,β-unsaturated/α-hetero) is 1. The molecule has 0 saturated carbocycles. The molecule has 0 aliphatic rings. The van der Waals surface area contributed by atoms with E-state index in [0.717, 1.165) is 22.3 Å². The molecule has 0 saturated heterocycles. The Bertz CT molecular complexity index is 552. The van der Waals surface area contributed by atoms with Crippen molar-refractivity contribution in [2.24, 2.45) is 0 Å². The first kappa shape index (κ1) is 10.2. The Balaban J connectivity index is 2.83. The van der Waals surface area contributed by atoms with Gasteiger partial charge in [0.2, 0.25) is 0 Å². The van der Waals surface area contributed by atoms with Crippen LogP contribution in [0.2, 0.25) is 5.02 Å². The third-order valence-corrected chi connectivity index (χ3v) is 2.96. The molecular weight excluding hydrogens is 212 g/mol. The molecule has 0 amide bonds. The van der Waals surface area contributed by atoms with E-state index in [1.165, 1.54) is 6.92 Å². The molecule has 15 heavy (non-hydrogen) atoms. The van der Waals surface area contributed by atoms with Crippen molar-refractivity contribution in [2.45, 2.75) is 20.8 Å². The van der Waals surface area contributed by atoms with Crippen LogP contribution in [0, 0.1) is 13.8 Å². The lowest BCUT2D eigenvalue weighted by molar-refractivity contribution is 0.101. The molecule has 2 rings (SSSR count). The van der Waals surface area contributed by atoms with Crippen LogP contribution in [0.3, 0.4) is 0 Å². The summed E-state index contributed by atoms with van der Waals surface area (Å²) in [6.07, 6.45) is 0. The summed E-state index contributed by atoms with van der Waals surface area (Å²) in [6.45, 7) is 5.38. The van der Waals surface area contributed by atoms with Crippen molar-refractivity contribution in [1.29, 1.82) is 0 Å². The fourth-order valence-electron chi connectivity index (χ4n) is 1.63. The van der Waals surface area contributed by atoms with Gasteiger partial charge in [0.15, 0.2) is 5.78 Å². The monoisotopic (exact) mass is 222 g/mol. The van der Waals surface area contributed by atoms with E-state index < -0.39 is 0 Å². The lowest BCUT2D eigenvalue weighted by Gasteiger charge is -1.99. The number of aryl methyl sites for hydroxylation is 2. The number of furan rings is 1. The molecule has 3 heteroatoms. The number of fused-ring (bicyclic) bond motifs is 1. The largest absolute Gasteiger partial charge is 0.461 e. The zero-order valence-corrected chi connectivity index (χ0v) is 9.61. The topological polar surface area (TPSA) is 30.2 Å². The van der Waals surface area contributed by atoms with E-state index in [4.69, 9.17) is 16.0 Å². The Morgan fingerprint density at radius 1 is 1.33 bits per heavy atom. The second-order valence-electron chi connectivity index (χ2n) is 3.67. The fourth-order valence-corrected chi connectivity index (χ4v) is 1.92. The van der Waals surface area contributed by atoms with Crippen LogP contribution in [0.25, 0.3) is 11.0 Å². The minimum atomic E-state index is -0.0276. The Hall–Kier alpha value is -1.28. The Labute approximate surface area is 92.8 Å². The van der Waals surface area contributed by atoms with Crippen LogP contribution < -0.4 is 0 Å². The van der Waals surface area contributed by atoms with Crippen LogP contribution in [0.4, 0.5) is 0 Å². The molecule has 0 spiro atoms. The molecule has 1 aromatic heterocycles. The van der Waals surface area contributed by atoms with Gasteiger partial charge in [-0.25, -0.2) is 0 Å². The average molecular weight is 223 g/mol. The molecule has 78 valence electrons. The van der Waals surface area contributed by atoms with E-state index in [2.05, 4.69) is 0 Å². The van der Waals surface area contributed by atoms with E-state index in [9.17, 15) is 4.79 Å². The number of hydrogen-bond donors (Lipinski definition) is 0. The highest BCUT2D eigenvalue weighted by Gasteiger charge is 2.12. The number of hydrogen-bond acceptors (Lipinski definition) is 2. The maximum Gasteiger partial charge on any atom is 0.161 e. The molecule has 1 heterocycles. The summed E-state index contributed by atoms with van der Waals surface area (Å²) < 4.78 is 5.52. The zero-order valence-electron chi connectivity index (χ0n) is 8.85. The van der Waals surface area contributed by atoms with Crippen LogP contribution >= 0.6 is 11.6 Å². The summed E-state index contributed by atoms with van der Waals surface area (Å²) in [7, 11) is 0. The second kappa shape index (κ2) is 3.38. The van der Waals surface area contributed by atoms with Crippen LogP contribution in [-0.2, 0) is 0 Å². The minimum absolute atomic E-state index is 0.0276. The maximum absolute atomic E-state index is 11.3. The second-order valence-corrected chi connectivity index (χ2v) is 4.07. The first-order valence-electron chi connectivity index (χ1n) is 4.71. The maximum atomic E-state index is 11.3. The molecular formula is C12H11ClO2. The molecule has 2 nitrogen and oxygen atoms in total. The predicted octanol–water partition coefficient (Wildman–Crippen LogP) is 3.91. The molecule has 0 aliphatic carbocycles. The summed E-state index contributed by atoms with van der Waals surface area (Å²) in [5.41, 5.74) is 2.34. The number of carbonyl (C=O) groups excluding carboxylic acids is 1. The van der Waals surface area contributed by atoms with E-state index in [-0.39, 0.29) is 5.78 Å². The van der Waals surface area contributed by atoms with Crippen molar-refractivity contribution in [1.82, 2.24) is 0 Å². The number of rotatable bonds is 1. The molecule has 0 fully saturated rings. The third-order valence-electron chi connectivity index (χ3n) is 2.64. The average Bonchev–Trinajstić information content (AvgIpc) is 2.41. The smallest absolute Gasteiger partial charge is 0.161 e. The van der Waals surface area contributed by atoms with E-state index in [0.29, 0.717) is 10.6 Å². The normalized spacial score (nSPS) is 10.9. The highest BCUT2D eigenvalue weighted by Crippen LogP contribution is 2.30. The highest BCUT2D eigenvalue weighted by atomic mass is 35.5. The molecule has 2 aromatic rings. The van der Waals surface area contributed by atoms with Crippen LogP contribution in [-0.4, -0.2) is 5.78 Å². The van der Waals surface area contributed by atoms with Gasteiger partial charge >= 0.3 is 0 Å². The van der Waals surface area contributed by atoms with Crippen molar-refractivity contribution in [3.63, 3.8) is 0 Å². The SMILES string of the molecule is CC(=O)c1cc2c(C)c(C)oc2cc1Cl. The van der Waals surface area contributed by atoms with Gasteiger partial charge in [-0.3, -0.25) is 4.79 Å². The van der Waals surface area contributed by atoms with Crippen molar-refractivity contribution in [3.8, 4) is 0 Å². The van der Waals surface area contributed by atoms with Gasteiger partial charge in [-0.05, 0) is 32.4 Å². The number of carbonyl (C=O) groups is 1. The first-order chi connectivity index (χ1) is 7.00. The van der Waals surface area contributed by atoms with Gasteiger partial charge in [0.1, 0.15) is 11.3 Å². The van der Waals surface area contributed by atoms with E-state index in [1.54, 1.807) is 12.1 Å². The lowest BCUT2D eigenvalue weighted by Crippen LogP contribution is -1.92. The van der Waals surface area contributed by atoms with Gasteiger partial charge in [-0.2, -0.15) is 0 Å². The quantitative estimate of drug-likeness (QED) is 0.685. The molecule has 0 unspecified atom stereocenters. The number of benzene rings is 1. The summed E-state index contributed by atoms with van der Waals surface area (Å²) in [5, 5.41) is 1.41.